The topological polar surface area (TPSA) is 80.2 Å². The van der Waals surface area contributed by atoms with E-state index in [1.165, 1.54) is 6.21 Å². The largest absolute Gasteiger partial charge is 0.490 e. The summed E-state index contributed by atoms with van der Waals surface area (Å²) in [6.07, 6.45) is 2.35. The molecule has 1 fully saturated rings. The van der Waals surface area contributed by atoms with Crippen molar-refractivity contribution in [1.29, 1.82) is 0 Å². The molecule has 2 aromatic rings. The van der Waals surface area contributed by atoms with Gasteiger partial charge in [-0.15, -0.1) is 5.01 Å². The molecule has 1 aliphatic rings. The average Bonchev–Trinajstić information content (AvgIpc) is 2.95. The molecule has 3 rings (SSSR count). The normalized spacial score (nSPS) is 18.9. The number of benzene rings is 2. The lowest BCUT2D eigenvalue weighted by molar-refractivity contribution is -0.131. The van der Waals surface area contributed by atoms with Crippen molar-refractivity contribution < 1.29 is 19.1 Å². The van der Waals surface area contributed by atoms with E-state index < -0.39 is 17.5 Å². The lowest BCUT2D eigenvalue weighted by atomic mass is 9.92. The Morgan fingerprint density at radius 2 is 1.83 bits per heavy atom. The van der Waals surface area contributed by atoms with Crippen LogP contribution in [-0.2, 0) is 10.3 Å². The third-order valence-electron chi connectivity index (χ3n) is 4.57. The third kappa shape index (κ3) is 4.23. The van der Waals surface area contributed by atoms with E-state index in [2.05, 4.69) is 10.4 Å². The van der Waals surface area contributed by atoms with E-state index in [1.54, 1.807) is 37.3 Å². The lowest BCUT2D eigenvalue weighted by Crippen LogP contribution is -2.40. The Kier molecular flexibility index (Phi) is 6.16. The third-order valence-corrected chi connectivity index (χ3v) is 4.57. The Morgan fingerprint density at radius 3 is 2.52 bits per heavy atom. The minimum Gasteiger partial charge on any atom is -0.490 e. The molecule has 7 nitrogen and oxygen atoms in total. The number of urea groups is 1. The number of rotatable bonds is 8. The first-order chi connectivity index (χ1) is 14.0. The second-order valence-corrected chi connectivity index (χ2v) is 6.77. The maximum atomic E-state index is 12.9. The first-order valence-electron chi connectivity index (χ1n) is 9.65. The molecule has 1 heterocycles. The monoisotopic (exact) mass is 395 g/mol. The number of hydrogen-bond donors (Lipinski definition) is 1. The van der Waals surface area contributed by atoms with Crippen molar-refractivity contribution in [3.8, 4) is 11.5 Å². The SMILES string of the molecule is CCCOc1ccc(/C=N\N2C(=O)N[C@@](C)(c3ccccc3)C2=O)cc1OCC. The summed E-state index contributed by atoms with van der Waals surface area (Å²) in [7, 11) is 0. The summed E-state index contributed by atoms with van der Waals surface area (Å²) in [5.74, 6) is 0.812. The molecule has 29 heavy (non-hydrogen) atoms. The second kappa shape index (κ2) is 8.77. The molecular weight excluding hydrogens is 370 g/mol. The molecule has 0 aromatic heterocycles. The van der Waals surface area contributed by atoms with Crippen LogP contribution < -0.4 is 14.8 Å². The number of carbonyl (C=O) groups is 2. The molecule has 3 amide bonds. The van der Waals surface area contributed by atoms with Gasteiger partial charge in [-0.1, -0.05) is 37.3 Å². The van der Waals surface area contributed by atoms with Crippen LogP contribution in [0.2, 0.25) is 0 Å². The van der Waals surface area contributed by atoms with Crippen molar-refractivity contribution in [2.24, 2.45) is 5.10 Å². The molecule has 1 aliphatic heterocycles. The summed E-state index contributed by atoms with van der Waals surface area (Å²) < 4.78 is 11.3. The zero-order valence-electron chi connectivity index (χ0n) is 16.8. The van der Waals surface area contributed by atoms with Gasteiger partial charge in [-0.25, -0.2) is 4.79 Å². The van der Waals surface area contributed by atoms with Gasteiger partial charge in [0.25, 0.3) is 5.91 Å². The van der Waals surface area contributed by atoms with E-state index in [0.717, 1.165) is 11.4 Å². The Balaban J connectivity index is 1.81. The van der Waals surface area contributed by atoms with Gasteiger partial charge >= 0.3 is 6.03 Å². The number of carbonyl (C=O) groups excluding carboxylic acids is 2. The van der Waals surface area contributed by atoms with Crippen molar-refractivity contribution in [3.63, 3.8) is 0 Å². The average molecular weight is 395 g/mol. The van der Waals surface area contributed by atoms with Gasteiger partial charge in [0, 0.05) is 0 Å². The van der Waals surface area contributed by atoms with E-state index in [1.807, 2.05) is 32.0 Å². The first-order valence-corrected chi connectivity index (χ1v) is 9.65. The number of imide groups is 1. The van der Waals surface area contributed by atoms with E-state index in [4.69, 9.17) is 9.47 Å². The molecular formula is C22H25N3O4. The summed E-state index contributed by atoms with van der Waals surface area (Å²) in [6, 6.07) is 13.9. The Bertz CT molecular complexity index is 914. The second-order valence-electron chi connectivity index (χ2n) is 6.77. The van der Waals surface area contributed by atoms with E-state index >= 15 is 0 Å². The van der Waals surface area contributed by atoms with E-state index in [-0.39, 0.29) is 0 Å². The van der Waals surface area contributed by atoms with Crippen LogP contribution in [0.15, 0.2) is 53.6 Å². The van der Waals surface area contributed by atoms with Gasteiger partial charge in [0.15, 0.2) is 11.5 Å². The first kappa shape index (κ1) is 20.4. The molecule has 1 N–H and O–H groups in total. The summed E-state index contributed by atoms with van der Waals surface area (Å²) >= 11 is 0. The summed E-state index contributed by atoms with van der Waals surface area (Å²) in [5.41, 5.74) is 0.239. The van der Waals surface area contributed by atoms with Crippen molar-refractivity contribution in [2.75, 3.05) is 13.2 Å². The zero-order valence-corrected chi connectivity index (χ0v) is 16.8. The Hall–Kier alpha value is -3.35. The molecule has 1 saturated heterocycles. The zero-order chi connectivity index (χ0) is 20.9. The molecule has 0 spiro atoms. The van der Waals surface area contributed by atoms with Crippen molar-refractivity contribution in [1.82, 2.24) is 10.3 Å². The van der Waals surface area contributed by atoms with Crippen LogP contribution in [0.25, 0.3) is 0 Å². The fraction of sp³-hybridized carbons (Fsp3) is 0.318. The maximum absolute atomic E-state index is 12.9. The number of hydrazone groups is 1. The smallest absolute Gasteiger partial charge is 0.346 e. The number of nitrogens with one attached hydrogen (secondary N) is 1. The minimum atomic E-state index is -1.15. The molecule has 7 heteroatoms. The van der Waals surface area contributed by atoms with Gasteiger partial charge < -0.3 is 14.8 Å². The summed E-state index contributed by atoms with van der Waals surface area (Å²) in [6.45, 7) is 6.68. The molecule has 0 radical (unpaired) electrons. The fourth-order valence-electron chi connectivity index (χ4n) is 3.03. The molecule has 1 atom stereocenters. The quantitative estimate of drug-likeness (QED) is 0.546. The van der Waals surface area contributed by atoms with E-state index in [9.17, 15) is 9.59 Å². The number of nitrogens with zero attached hydrogens (tertiary/aromatic N) is 2. The van der Waals surface area contributed by atoms with Gasteiger partial charge in [-0.3, -0.25) is 4.79 Å². The van der Waals surface area contributed by atoms with Crippen LogP contribution in [0.1, 0.15) is 38.3 Å². The van der Waals surface area contributed by atoms with Crippen LogP contribution in [0, 0.1) is 0 Å². The predicted octanol–water partition coefficient (Wildman–Crippen LogP) is 3.68. The highest BCUT2D eigenvalue weighted by Gasteiger charge is 2.49. The highest BCUT2D eigenvalue weighted by Crippen LogP contribution is 2.30. The van der Waals surface area contributed by atoms with Crippen molar-refractivity contribution >= 4 is 18.2 Å². The number of amides is 3. The van der Waals surface area contributed by atoms with Crippen molar-refractivity contribution in [3.05, 3.63) is 59.7 Å². The Morgan fingerprint density at radius 1 is 1.07 bits per heavy atom. The van der Waals surface area contributed by atoms with Gasteiger partial charge in [-0.05, 0) is 49.6 Å². The predicted molar refractivity (Wildman–Crippen MR) is 110 cm³/mol. The van der Waals surface area contributed by atoms with Gasteiger partial charge in [0.2, 0.25) is 0 Å². The van der Waals surface area contributed by atoms with Crippen LogP contribution in [-0.4, -0.2) is 36.4 Å². The van der Waals surface area contributed by atoms with Crippen LogP contribution in [0.3, 0.4) is 0 Å². The summed E-state index contributed by atoms with van der Waals surface area (Å²) in [4.78, 5) is 25.3. The molecule has 2 aromatic carbocycles. The summed E-state index contributed by atoms with van der Waals surface area (Å²) in [5, 5.41) is 7.70. The Labute approximate surface area is 170 Å². The highest BCUT2D eigenvalue weighted by molar-refractivity contribution is 6.07. The van der Waals surface area contributed by atoms with E-state index in [0.29, 0.717) is 35.8 Å². The lowest BCUT2D eigenvalue weighted by Gasteiger charge is -2.20. The van der Waals surface area contributed by atoms with Crippen molar-refractivity contribution in [2.45, 2.75) is 32.7 Å². The fourth-order valence-corrected chi connectivity index (χ4v) is 3.03. The van der Waals surface area contributed by atoms with Gasteiger partial charge in [-0.2, -0.15) is 5.10 Å². The maximum Gasteiger partial charge on any atom is 0.346 e. The molecule has 0 bridgehead atoms. The number of ether oxygens (including phenoxy) is 2. The van der Waals surface area contributed by atoms with Crippen LogP contribution >= 0.6 is 0 Å². The molecule has 0 aliphatic carbocycles. The van der Waals surface area contributed by atoms with Crippen LogP contribution in [0.5, 0.6) is 11.5 Å². The van der Waals surface area contributed by atoms with Gasteiger partial charge in [0.1, 0.15) is 5.54 Å². The van der Waals surface area contributed by atoms with Crippen LogP contribution in [0.4, 0.5) is 4.79 Å². The standard InChI is InChI=1S/C22H25N3O4/c1-4-13-29-18-12-11-16(14-19(18)28-5-2)15-23-25-20(26)22(3,24-21(25)27)17-9-7-6-8-10-17/h6-12,14-15H,4-5,13H2,1-3H3,(H,24,27)/b23-15-/t22-/m0/s1. The number of hydrogen-bond acceptors (Lipinski definition) is 5. The highest BCUT2D eigenvalue weighted by atomic mass is 16.5. The minimum absolute atomic E-state index is 0.433. The molecule has 0 saturated carbocycles. The van der Waals surface area contributed by atoms with Gasteiger partial charge in [0.05, 0.1) is 19.4 Å². The molecule has 152 valence electrons. The molecule has 0 unspecified atom stereocenters.